The molecule has 74 valence electrons. The Hall–Kier alpha value is -1.04. The monoisotopic (exact) mass is 217 g/mol. The minimum Gasteiger partial charge on any atom is -0.478 e. The molecule has 0 saturated heterocycles. The topological polar surface area (TPSA) is 92.4 Å². The van der Waals surface area contributed by atoms with Crippen LogP contribution in [0.25, 0.3) is 0 Å². The first-order valence-corrected chi connectivity index (χ1v) is 3.95. The number of benzene rings is 1. The number of rotatable bonds is 4. The van der Waals surface area contributed by atoms with Crippen LogP contribution in [-0.4, -0.2) is 23.5 Å². The molecule has 0 aliphatic heterocycles. The summed E-state index contributed by atoms with van der Waals surface area (Å²) in [4.78, 5) is 20.9. The van der Waals surface area contributed by atoms with Crippen molar-refractivity contribution in [2.24, 2.45) is 5.73 Å². The molecular weight excluding hydrogens is 207 g/mol. The molecule has 6 heteroatoms. The maximum Gasteiger partial charge on any atom is 1.00 e. The summed E-state index contributed by atoms with van der Waals surface area (Å²) < 4.78 is 0. The molecular formula is C9H10N2NaO3+. The summed E-state index contributed by atoms with van der Waals surface area (Å²) in [5, 5.41) is 11.3. The van der Waals surface area contributed by atoms with Gasteiger partial charge in [0.1, 0.15) is 0 Å². The summed E-state index contributed by atoms with van der Waals surface area (Å²) in [7, 11) is 0. The molecule has 0 aromatic heterocycles. The van der Waals surface area contributed by atoms with Crippen LogP contribution in [0, 0.1) is 0 Å². The van der Waals surface area contributed by atoms with Crippen molar-refractivity contribution in [1.82, 2.24) is 0 Å². The number of carbonyl (C=O) groups is 2. The van der Waals surface area contributed by atoms with E-state index in [1.54, 1.807) is 12.1 Å². The first-order valence-electron chi connectivity index (χ1n) is 3.95. The van der Waals surface area contributed by atoms with Gasteiger partial charge in [-0.25, -0.2) is 4.79 Å². The molecule has 0 atom stereocenters. The van der Waals surface area contributed by atoms with Crippen molar-refractivity contribution in [1.29, 1.82) is 0 Å². The number of carboxylic acids is 1. The predicted molar refractivity (Wildman–Crippen MR) is 51.1 cm³/mol. The van der Waals surface area contributed by atoms with Gasteiger partial charge in [0.15, 0.2) is 0 Å². The van der Waals surface area contributed by atoms with Gasteiger partial charge in [-0.3, -0.25) is 4.79 Å². The third-order valence-electron chi connectivity index (χ3n) is 1.60. The van der Waals surface area contributed by atoms with Crippen molar-refractivity contribution in [3.05, 3.63) is 29.8 Å². The zero-order chi connectivity index (χ0) is 10.6. The van der Waals surface area contributed by atoms with Crippen molar-refractivity contribution in [2.45, 2.75) is 0 Å². The van der Waals surface area contributed by atoms with Crippen LogP contribution in [-0.2, 0) is 4.79 Å². The van der Waals surface area contributed by atoms with E-state index in [0.717, 1.165) is 0 Å². The van der Waals surface area contributed by atoms with Crippen molar-refractivity contribution < 1.29 is 44.3 Å². The smallest absolute Gasteiger partial charge is 0.478 e. The van der Waals surface area contributed by atoms with E-state index in [-0.39, 0.29) is 41.7 Å². The van der Waals surface area contributed by atoms with E-state index < -0.39 is 11.9 Å². The molecule has 0 radical (unpaired) electrons. The molecule has 4 N–H and O–H groups in total. The zero-order valence-corrected chi connectivity index (χ0v) is 10.4. The Kier molecular flexibility index (Phi) is 6.00. The number of amides is 1. The summed E-state index contributed by atoms with van der Waals surface area (Å²) in [6.07, 6.45) is 0. The maximum absolute atomic E-state index is 10.5. The number of nitrogens with one attached hydrogen (secondary N) is 1. The van der Waals surface area contributed by atoms with Gasteiger partial charge in [0.05, 0.1) is 12.1 Å². The predicted octanol–water partition coefficient (Wildman–Crippen LogP) is -2.71. The Morgan fingerprint density at radius 3 is 2.20 bits per heavy atom. The Bertz CT molecular complexity index is 351. The molecule has 0 aliphatic rings. The Morgan fingerprint density at radius 2 is 1.80 bits per heavy atom. The van der Waals surface area contributed by atoms with Gasteiger partial charge in [-0.15, -0.1) is 0 Å². The Labute approximate surface area is 109 Å². The second kappa shape index (κ2) is 6.44. The van der Waals surface area contributed by atoms with Gasteiger partial charge in [0, 0.05) is 5.69 Å². The van der Waals surface area contributed by atoms with Crippen molar-refractivity contribution in [2.75, 3.05) is 11.9 Å². The molecule has 15 heavy (non-hydrogen) atoms. The number of primary amides is 1. The SMILES string of the molecule is NC(=O)CNc1ccc(C(=O)O)cc1.[Na+]. The molecule has 1 rings (SSSR count). The van der Waals surface area contributed by atoms with Crippen molar-refractivity contribution >= 4 is 17.6 Å². The molecule has 1 aromatic carbocycles. The van der Waals surface area contributed by atoms with Gasteiger partial charge in [-0.1, -0.05) is 0 Å². The van der Waals surface area contributed by atoms with Gasteiger partial charge in [-0.2, -0.15) is 0 Å². The van der Waals surface area contributed by atoms with E-state index in [2.05, 4.69) is 5.32 Å². The number of carbonyl (C=O) groups excluding carboxylic acids is 1. The molecule has 0 unspecified atom stereocenters. The third kappa shape index (κ3) is 4.83. The molecule has 0 aliphatic carbocycles. The summed E-state index contributed by atoms with van der Waals surface area (Å²) in [6.45, 7) is 0.0341. The number of nitrogens with two attached hydrogens (primary N) is 1. The van der Waals surface area contributed by atoms with Crippen LogP contribution in [0.3, 0.4) is 0 Å². The van der Waals surface area contributed by atoms with E-state index in [1.165, 1.54) is 12.1 Å². The number of hydrogen-bond donors (Lipinski definition) is 3. The van der Waals surface area contributed by atoms with E-state index >= 15 is 0 Å². The van der Waals surface area contributed by atoms with Gasteiger partial charge in [0.2, 0.25) is 5.91 Å². The quantitative estimate of drug-likeness (QED) is 0.478. The van der Waals surface area contributed by atoms with Crippen LogP contribution in [0.4, 0.5) is 5.69 Å². The molecule has 0 saturated carbocycles. The largest absolute Gasteiger partial charge is 1.00 e. The van der Waals surface area contributed by atoms with Crippen molar-refractivity contribution in [3.8, 4) is 0 Å². The fourth-order valence-electron chi connectivity index (χ4n) is 0.920. The molecule has 1 aromatic rings. The van der Waals surface area contributed by atoms with Crippen LogP contribution in [0.1, 0.15) is 10.4 Å². The minimum atomic E-state index is -0.980. The van der Waals surface area contributed by atoms with E-state index in [1.807, 2.05) is 0 Å². The normalized spacial score (nSPS) is 8.80. The van der Waals surface area contributed by atoms with E-state index in [9.17, 15) is 9.59 Å². The summed E-state index contributed by atoms with van der Waals surface area (Å²) in [6, 6.07) is 6.05. The van der Waals surface area contributed by atoms with E-state index in [0.29, 0.717) is 5.69 Å². The summed E-state index contributed by atoms with van der Waals surface area (Å²) in [5.41, 5.74) is 5.79. The number of hydrogen-bond acceptors (Lipinski definition) is 3. The molecule has 1 amide bonds. The fraction of sp³-hybridized carbons (Fsp3) is 0.111. The first kappa shape index (κ1) is 14.0. The average molecular weight is 217 g/mol. The van der Waals surface area contributed by atoms with Gasteiger partial charge < -0.3 is 16.2 Å². The van der Waals surface area contributed by atoms with Gasteiger partial charge in [-0.05, 0) is 24.3 Å². The van der Waals surface area contributed by atoms with Crippen LogP contribution < -0.4 is 40.6 Å². The van der Waals surface area contributed by atoms with Crippen molar-refractivity contribution in [3.63, 3.8) is 0 Å². The average Bonchev–Trinajstić information content (AvgIpc) is 2.15. The summed E-state index contributed by atoms with van der Waals surface area (Å²) in [5.74, 6) is -1.45. The minimum absolute atomic E-state index is 0. The van der Waals surface area contributed by atoms with Gasteiger partial charge in [0.25, 0.3) is 0 Å². The maximum atomic E-state index is 10.5. The molecule has 0 heterocycles. The number of aromatic carboxylic acids is 1. The van der Waals surface area contributed by atoms with Crippen LogP contribution in [0.5, 0.6) is 0 Å². The Morgan fingerprint density at radius 1 is 1.27 bits per heavy atom. The van der Waals surface area contributed by atoms with Gasteiger partial charge >= 0.3 is 35.5 Å². The standard InChI is InChI=1S/C9H10N2O3.Na/c10-8(12)5-11-7-3-1-6(2-4-7)9(13)14;/h1-4,11H,5H2,(H2,10,12)(H,13,14);/q;+1. The third-order valence-corrected chi connectivity index (χ3v) is 1.60. The van der Waals surface area contributed by atoms with Crippen LogP contribution in [0.15, 0.2) is 24.3 Å². The first-order chi connectivity index (χ1) is 6.59. The molecule has 5 nitrogen and oxygen atoms in total. The Balaban J connectivity index is 0.00000196. The molecule has 0 spiro atoms. The zero-order valence-electron chi connectivity index (χ0n) is 8.36. The second-order valence-electron chi connectivity index (χ2n) is 2.70. The number of carboxylic acid groups (broad SMARTS) is 1. The fourth-order valence-corrected chi connectivity index (χ4v) is 0.920. The second-order valence-corrected chi connectivity index (χ2v) is 2.70. The van der Waals surface area contributed by atoms with E-state index in [4.69, 9.17) is 10.8 Å². The molecule has 0 bridgehead atoms. The van der Waals surface area contributed by atoms with Crippen LogP contribution >= 0.6 is 0 Å². The summed E-state index contributed by atoms with van der Waals surface area (Å²) >= 11 is 0. The van der Waals surface area contributed by atoms with Crippen LogP contribution in [0.2, 0.25) is 0 Å². The molecule has 0 fully saturated rings. The number of anilines is 1.